The Morgan fingerprint density at radius 3 is 2.95 bits per heavy atom. The second kappa shape index (κ2) is 4.94. The summed E-state index contributed by atoms with van der Waals surface area (Å²) < 4.78 is 5.59. The third kappa shape index (κ3) is 2.06. The maximum atomic E-state index is 5.59. The van der Waals surface area contributed by atoms with E-state index in [1.807, 2.05) is 25.4 Å². The highest BCUT2D eigenvalue weighted by atomic mass is 16.5. The van der Waals surface area contributed by atoms with Crippen LogP contribution in [-0.2, 0) is 0 Å². The van der Waals surface area contributed by atoms with Gasteiger partial charge in [0, 0.05) is 29.9 Å². The molecule has 3 aromatic rings. The minimum atomic E-state index is 0.658. The van der Waals surface area contributed by atoms with Crippen LogP contribution in [-0.4, -0.2) is 28.1 Å². The van der Waals surface area contributed by atoms with E-state index >= 15 is 0 Å². The number of benzene rings is 1. The highest BCUT2D eigenvalue weighted by Crippen LogP contribution is 2.35. The molecule has 0 atom stereocenters. The van der Waals surface area contributed by atoms with Crippen molar-refractivity contribution in [3.63, 3.8) is 0 Å². The third-order valence-electron chi connectivity index (χ3n) is 3.96. The molecule has 0 saturated heterocycles. The number of anilines is 1. The van der Waals surface area contributed by atoms with Crippen LogP contribution in [0.4, 0.5) is 5.69 Å². The second-order valence-corrected chi connectivity index (χ2v) is 5.44. The molecule has 5 heteroatoms. The molecule has 0 amide bonds. The minimum absolute atomic E-state index is 0.658. The first-order valence-electron chi connectivity index (χ1n) is 7.32. The SMILES string of the molecule is Cc1ncc2ccc(-c3cnc4c(c3C)NCCO4)cc2n1. The third-order valence-corrected chi connectivity index (χ3v) is 3.96. The zero-order chi connectivity index (χ0) is 15.1. The highest BCUT2D eigenvalue weighted by Gasteiger charge is 2.17. The topological polar surface area (TPSA) is 59.9 Å². The molecule has 1 aliphatic heterocycles. The Balaban J connectivity index is 1.88. The van der Waals surface area contributed by atoms with Gasteiger partial charge in [0.05, 0.1) is 5.52 Å². The largest absolute Gasteiger partial charge is 0.474 e. The smallest absolute Gasteiger partial charge is 0.237 e. The Bertz CT molecular complexity index is 876. The Morgan fingerprint density at radius 1 is 1.14 bits per heavy atom. The van der Waals surface area contributed by atoms with Gasteiger partial charge in [0.15, 0.2) is 0 Å². The van der Waals surface area contributed by atoms with Gasteiger partial charge in [-0.1, -0.05) is 12.1 Å². The lowest BCUT2D eigenvalue weighted by atomic mass is 10.00. The van der Waals surface area contributed by atoms with Gasteiger partial charge in [-0.2, -0.15) is 0 Å². The second-order valence-electron chi connectivity index (χ2n) is 5.44. The summed E-state index contributed by atoms with van der Waals surface area (Å²) in [6.45, 7) is 5.46. The van der Waals surface area contributed by atoms with Crippen molar-refractivity contribution < 1.29 is 4.74 Å². The molecule has 0 fully saturated rings. The van der Waals surface area contributed by atoms with Crippen LogP contribution in [0, 0.1) is 13.8 Å². The fraction of sp³-hybridized carbons (Fsp3) is 0.235. The van der Waals surface area contributed by atoms with Crippen LogP contribution in [0.3, 0.4) is 0 Å². The van der Waals surface area contributed by atoms with Crippen molar-refractivity contribution in [3.05, 3.63) is 42.0 Å². The van der Waals surface area contributed by atoms with E-state index in [2.05, 4.69) is 39.3 Å². The Labute approximate surface area is 128 Å². The fourth-order valence-corrected chi connectivity index (χ4v) is 2.80. The number of nitrogens with zero attached hydrogens (tertiary/aromatic N) is 3. The molecule has 0 saturated carbocycles. The molecule has 0 radical (unpaired) electrons. The summed E-state index contributed by atoms with van der Waals surface area (Å²) in [5.74, 6) is 1.46. The van der Waals surface area contributed by atoms with Crippen LogP contribution in [0.15, 0.2) is 30.6 Å². The molecule has 0 unspecified atom stereocenters. The summed E-state index contributed by atoms with van der Waals surface area (Å²) in [6.07, 6.45) is 3.73. The fourth-order valence-electron chi connectivity index (χ4n) is 2.80. The maximum Gasteiger partial charge on any atom is 0.237 e. The molecule has 5 nitrogen and oxygen atoms in total. The number of nitrogens with one attached hydrogen (secondary N) is 1. The summed E-state index contributed by atoms with van der Waals surface area (Å²) in [6, 6.07) is 6.22. The van der Waals surface area contributed by atoms with E-state index < -0.39 is 0 Å². The van der Waals surface area contributed by atoms with Crippen molar-refractivity contribution in [3.8, 4) is 17.0 Å². The van der Waals surface area contributed by atoms with Crippen molar-refractivity contribution in [2.75, 3.05) is 18.5 Å². The molecule has 22 heavy (non-hydrogen) atoms. The van der Waals surface area contributed by atoms with Crippen molar-refractivity contribution in [2.45, 2.75) is 13.8 Å². The lowest BCUT2D eigenvalue weighted by molar-refractivity contribution is 0.310. The Morgan fingerprint density at radius 2 is 2.05 bits per heavy atom. The van der Waals surface area contributed by atoms with E-state index in [0.717, 1.165) is 45.6 Å². The molecule has 1 N–H and O–H groups in total. The summed E-state index contributed by atoms with van der Waals surface area (Å²) in [5.41, 5.74) is 5.28. The van der Waals surface area contributed by atoms with Crippen molar-refractivity contribution >= 4 is 16.6 Å². The highest BCUT2D eigenvalue weighted by molar-refractivity contribution is 5.85. The van der Waals surface area contributed by atoms with E-state index in [1.54, 1.807) is 0 Å². The molecule has 0 bridgehead atoms. The van der Waals surface area contributed by atoms with Gasteiger partial charge in [-0.05, 0) is 31.0 Å². The average Bonchev–Trinajstić information content (AvgIpc) is 2.55. The number of fused-ring (bicyclic) bond motifs is 2. The average molecular weight is 292 g/mol. The lowest BCUT2D eigenvalue weighted by Crippen LogP contribution is -2.20. The number of hydrogen-bond acceptors (Lipinski definition) is 5. The number of hydrogen-bond donors (Lipinski definition) is 1. The minimum Gasteiger partial charge on any atom is -0.474 e. The quantitative estimate of drug-likeness (QED) is 0.746. The molecule has 4 rings (SSSR count). The van der Waals surface area contributed by atoms with Crippen molar-refractivity contribution in [2.24, 2.45) is 0 Å². The molecule has 110 valence electrons. The molecule has 0 aliphatic carbocycles. The molecule has 0 spiro atoms. The monoisotopic (exact) mass is 292 g/mol. The summed E-state index contributed by atoms with van der Waals surface area (Å²) >= 11 is 0. The number of pyridine rings is 1. The van der Waals surface area contributed by atoms with Gasteiger partial charge >= 0.3 is 0 Å². The first kappa shape index (κ1) is 13.0. The molecule has 1 aromatic carbocycles. The van der Waals surface area contributed by atoms with Crippen molar-refractivity contribution in [1.82, 2.24) is 15.0 Å². The molecular formula is C17H16N4O. The van der Waals surface area contributed by atoms with Gasteiger partial charge in [-0.25, -0.2) is 15.0 Å². The van der Waals surface area contributed by atoms with E-state index in [9.17, 15) is 0 Å². The van der Waals surface area contributed by atoms with Crippen LogP contribution in [0.1, 0.15) is 11.4 Å². The maximum absolute atomic E-state index is 5.59. The zero-order valence-electron chi connectivity index (χ0n) is 12.6. The van der Waals surface area contributed by atoms with Crippen LogP contribution < -0.4 is 10.1 Å². The van der Waals surface area contributed by atoms with Crippen LogP contribution in [0.25, 0.3) is 22.0 Å². The first-order chi connectivity index (χ1) is 10.7. The summed E-state index contributed by atoms with van der Waals surface area (Å²) in [4.78, 5) is 13.2. The van der Waals surface area contributed by atoms with Gasteiger partial charge in [0.1, 0.15) is 18.1 Å². The van der Waals surface area contributed by atoms with Gasteiger partial charge in [-0.15, -0.1) is 0 Å². The van der Waals surface area contributed by atoms with Crippen LogP contribution >= 0.6 is 0 Å². The summed E-state index contributed by atoms with van der Waals surface area (Å²) in [7, 11) is 0. The van der Waals surface area contributed by atoms with E-state index in [1.165, 1.54) is 0 Å². The van der Waals surface area contributed by atoms with Crippen LogP contribution in [0.2, 0.25) is 0 Å². The van der Waals surface area contributed by atoms with Gasteiger partial charge in [0.25, 0.3) is 0 Å². The molecular weight excluding hydrogens is 276 g/mol. The van der Waals surface area contributed by atoms with E-state index in [-0.39, 0.29) is 0 Å². The van der Waals surface area contributed by atoms with Gasteiger partial charge in [0.2, 0.25) is 5.88 Å². The predicted octanol–water partition coefficient (Wildman–Crippen LogP) is 3.11. The van der Waals surface area contributed by atoms with Crippen LogP contribution in [0.5, 0.6) is 5.88 Å². The standard InChI is InChI=1S/C17H16N4O/c1-10-14(9-20-17-16(10)18-5-6-22-17)12-3-4-13-8-19-11(2)21-15(13)7-12/h3-4,7-9,18H,5-6H2,1-2H3. The predicted molar refractivity (Wildman–Crippen MR) is 86.2 cm³/mol. The number of ether oxygens (including phenoxy) is 1. The number of aryl methyl sites for hydroxylation is 1. The molecule has 1 aliphatic rings. The van der Waals surface area contributed by atoms with E-state index in [4.69, 9.17) is 4.74 Å². The first-order valence-corrected chi connectivity index (χ1v) is 7.32. The normalized spacial score (nSPS) is 13.4. The van der Waals surface area contributed by atoms with Crippen molar-refractivity contribution in [1.29, 1.82) is 0 Å². The lowest BCUT2D eigenvalue weighted by Gasteiger charge is -2.21. The Kier molecular flexibility index (Phi) is 2.92. The zero-order valence-corrected chi connectivity index (χ0v) is 12.6. The van der Waals surface area contributed by atoms with Gasteiger partial charge < -0.3 is 10.1 Å². The Hall–Kier alpha value is -2.69. The molecule has 2 aromatic heterocycles. The van der Waals surface area contributed by atoms with Gasteiger partial charge in [-0.3, -0.25) is 0 Å². The van der Waals surface area contributed by atoms with E-state index in [0.29, 0.717) is 12.5 Å². The number of aromatic nitrogens is 3. The molecule has 3 heterocycles. The summed E-state index contributed by atoms with van der Waals surface area (Å²) in [5, 5.41) is 4.42. The number of rotatable bonds is 1.